The third-order valence-corrected chi connectivity index (χ3v) is 7.72. The molecule has 37 heavy (non-hydrogen) atoms. The Hall–Kier alpha value is -3.94. The Morgan fingerprint density at radius 1 is 0.919 bits per heavy atom. The SMILES string of the molecule is C[C@H]1[C@H](C)CCC[C@@H]1NC(=O)Cn1c(=O)c2c(ncn2Cc2ccccc2)n(Cc2ccccc2)c1=O. The number of nitrogens with one attached hydrogen (secondary N) is 1. The zero-order valence-corrected chi connectivity index (χ0v) is 21.3. The van der Waals surface area contributed by atoms with Crippen molar-refractivity contribution in [1.29, 1.82) is 0 Å². The van der Waals surface area contributed by atoms with Gasteiger partial charge in [0.15, 0.2) is 11.2 Å². The maximum atomic E-state index is 13.7. The van der Waals surface area contributed by atoms with E-state index in [1.165, 1.54) is 4.57 Å². The summed E-state index contributed by atoms with van der Waals surface area (Å²) in [6, 6.07) is 19.4. The van der Waals surface area contributed by atoms with Gasteiger partial charge in [-0.05, 0) is 29.4 Å². The number of fused-ring (bicyclic) bond motifs is 1. The van der Waals surface area contributed by atoms with Gasteiger partial charge in [0.2, 0.25) is 5.91 Å². The van der Waals surface area contributed by atoms with Crippen LogP contribution in [-0.4, -0.2) is 30.6 Å². The van der Waals surface area contributed by atoms with Crippen LogP contribution >= 0.6 is 0 Å². The third-order valence-electron chi connectivity index (χ3n) is 7.72. The van der Waals surface area contributed by atoms with E-state index in [1.807, 2.05) is 60.7 Å². The Bertz CT molecular complexity index is 1500. The summed E-state index contributed by atoms with van der Waals surface area (Å²) in [7, 11) is 0. The summed E-state index contributed by atoms with van der Waals surface area (Å²) in [6.07, 6.45) is 4.72. The molecule has 2 aromatic carbocycles. The number of benzene rings is 2. The van der Waals surface area contributed by atoms with Gasteiger partial charge in [-0.25, -0.2) is 14.3 Å². The topological polar surface area (TPSA) is 90.9 Å². The van der Waals surface area contributed by atoms with Crippen LogP contribution in [0.2, 0.25) is 0 Å². The molecule has 1 amide bonds. The molecule has 1 N–H and O–H groups in total. The van der Waals surface area contributed by atoms with E-state index >= 15 is 0 Å². The molecule has 1 fully saturated rings. The molecule has 0 unspecified atom stereocenters. The van der Waals surface area contributed by atoms with Gasteiger partial charge in [0.25, 0.3) is 5.56 Å². The summed E-state index contributed by atoms with van der Waals surface area (Å²) >= 11 is 0. The fraction of sp³-hybridized carbons (Fsp3) is 0.379. The highest BCUT2D eigenvalue weighted by molar-refractivity contribution is 5.77. The van der Waals surface area contributed by atoms with Crippen molar-refractivity contribution in [2.45, 2.75) is 58.8 Å². The van der Waals surface area contributed by atoms with Gasteiger partial charge < -0.3 is 9.88 Å². The Morgan fingerprint density at radius 2 is 1.57 bits per heavy atom. The number of imidazole rings is 1. The number of hydrogen-bond donors (Lipinski definition) is 1. The molecule has 4 aromatic rings. The highest BCUT2D eigenvalue weighted by Crippen LogP contribution is 2.29. The van der Waals surface area contributed by atoms with Crippen molar-refractivity contribution >= 4 is 17.1 Å². The molecule has 1 saturated carbocycles. The van der Waals surface area contributed by atoms with Crippen LogP contribution in [0, 0.1) is 11.8 Å². The van der Waals surface area contributed by atoms with Crippen molar-refractivity contribution in [2.75, 3.05) is 0 Å². The second kappa shape index (κ2) is 10.6. The van der Waals surface area contributed by atoms with Crippen LogP contribution in [0.3, 0.4) is 0 Å². The molecule has 0 saturated heterocycles. The summed E-state index contributed by atoms with van der Waals surface area (Å²) < 4.78 is 4.31. The van der Waals surface area contributed by atoms with Crippen LogP contribution in [0.1, 0.15) is 44.2 Å². The molecule has 1 aliphatic carbocycles. The monoisotopic (exact) mass is 499 g/mol. The van der Waals surface area contributed by atoms with Gasteiger partial charge in [0, 0.05) is 12.6 Å². The Kier molecular flexibility index (Phi) is 7.08. The minimum Gasteiger partial charge on any atom is -0.352 e. The van der Waals surface area contributed by atoms with Gasteiger partial charge in [-0.2, -0.15) is 0 Å². The quantitative estimate of drug-likeness (QED) is 0.422. The first-order valence-electron chi connectivity index (χ1n) is 13.0. The maximum Gasteiger partial charge on any atom is 0.333 e. The highest BCUT2D eigenvalue weighted by atomic mass is 16.2. The number of hydrogen-bond acceptors (Lipinski definition) is 4. The number of aromatic nitrogens is 4. The Labute approximate surface area is 215 Å². The molecule has 1 aliphatic rings. The second-order valence-corrected chi connectivity index (χ2v) is 10.2. The van der Waals surface area contributed by atoms with Crippen molar-refractivity contribution in [2.24, 2.45) is 11.8 Å². The lowest BCUT2D eigenvalue weighted by atomic mass is 9.78. The van der Waals surface area contributed by atoms with Gasteiger partial charge in [0.1, 0.15) is 6.54 Å². The Balaban J connectivity index is 1.55. The lowest BCUT2D eigenvalue weighted by molar-refractivity contribution is -0.123. The molecule has 2 aromatic heterocycles. The molecule has 5 rings (SSSR count). The first-order chi connectivity index (χ1) is 17.9. The molecule has 8 heteroatoms. The van der Waals surface area contributed by atoms with Crippen LogP contribution in [0.5, 0.6) is 0 Å². The predicted molar refractivity (Wildman–Crippen MR) is 143 cm³/mol. The van der Waals surface area contributed by atoms with E-state index in [0.717, 1.165) is 35.0 Å². The molecular weight excluding hydrogens is 466 g/mol. The minimum atomic E-state index is -0.536. The maximum absolute atomic E-state index is 13.7. The first-order valence-corrected chi connectivity index (χ1v) is 13.0. The summed E-state index contributed by atoms with van der Waals surface area (Å²) in [5.41, 5.74) is 1.51. The highest BCUT2D eigenvalue weighted by Gasteiger charge is 2.29. The van der Waals surface area contributed by atoms with Crippen molar-refractivity contribution in [3.05, 3.63) is 99.0 Å². The summed E-state index contributed by atoms with van der Waals surface area (Å²) in [4.78, 5) is 44.9. The molecule has 0 bridgehead atoms. The Morgan fingerprint density at radius 3 is 2.24 bits per heavy atom. The zero-order valence-electron chi connectivity index (χ0n) is 21.3. The van der Waals surface area contributed by atoms with Crippen LogP contribution in [-0.2, 0) is 24.4 Å². The number of amides is 1. The van der Waals surface area contributed by atoms with Crippen LogP contribution in [0.25, 0.3) is 11.2 Å². The molecule has 0 radical (unpaired) electrons. The van der Waals surface area contributed by atoms with Crippen LogP contribution in [0.4, 0.5) is 0 Å². The average molecular weight is 500 g/mol. The smallest absolute Gasteiger partial charge is 0.333 e. The van der Waals surface area contributed by atoms with Gasteiger partial charge in [0.05, 0.1) is 12.9 Å². The van der Waals surface area contributed by atoms with Crippen LogP contribution in [0.15, 0.2) is 76.6 Å². The van der Waals surface area contributed by atoms with Gasteiger partial charge in [-0.1, -0.05) is 87.4 Å². The van der Waals surface area contributed by atoms with E-state index in [-0.39, 0.29) is 25.0 Å². The molecular formula is C29H33N5O3. The van der Waals surface area contributed by atoms with E-state index in [0.29, 0.717) is 29.5 Å². The molecule has 2 heterocycles. The van der Waals surface area contributed by atoms with Crippen molar-refractivity contribution in [1.82, 2.24) is 24.0 Å². The fourth-order valence-corrected chi connectivity index (χ4v) is 5.37. The largest absolute Gasteiger partial charge is 0.352 e. The van der Waals surface area contributed by atoms with Crippen LogP contribution < -0.4 is 16.6 Å². The lowest BCUT2D eigenvalue weighted by Crippen LogP contribution is -2.48. The van der Waals surface area contributed by atoms with E-state index in [2.05, 4.69) is 24.1 Å². The average Bonchev–Trinajstić information content (AvgIpc) is 3.32. The molecule has 0 spiro atoms. The molecule has 3 atom stereocenters. The summed E-state index contributed by atoms with van der Waals surface area (Å²) in [5, 5.41) is 3.10. The van der Waals surface area contributed by atoms with E-state index in [9.17, 15) is 14.4 Å². The number of carbonyl (C=O) groups excluding carboxylic acids is 1. The van der Waals surface area contributed by atoms with Gasteiger partial charge in [-0.15, -0.1) is 0 Å². The fourth-order valence-electron chi connectivity index (χ4n) is 5.37. The number of nitrogens with zero attached hydrogens (tertiary/aromatic N) is 4. The van der Waals surface area contributed by atoms with Crippen molar-refractivity contribution in [3.8, 4) is 0 Å². The van der Waals surface area contributed by atoms with E-state index < -0.39 is 11.2 Å². The molecule has 8 nitrogen and oxygen atoms in total. The molecule has 0 aliphatic heterocycles. The van der Waals surface area contributed by atoms with Crippen molar-refractivity contribution < 1.29 is 4.79 Å². The number of rotatable bonds is 7. The number of carbonyl (C=O) groups is 1. The zero-order chi connectivity index (χ0) is 25.9. The lowest BCUT2D eigenvalue weighted by Gasteiger charge is -2.34. The minimum absolute atomic E-state index is 0.0471. The molecule has 192 valence electrons. The summed E-state index contributed by atoms with van der Waals surface area (Å²) in [5.74, 6) is 0.553. The van der Waals surface area contributed by atoms with Crippen molar-refractivity contribution in [3.63, 3.8) is 0 Å². The summed E-state index contributed by atoms with van der Waals surface area (Å²) in [6.45, 7) is 4.72. The third kappa shape index (κ3) is 5.14. The van der Waals surface area contributed by atoms with E-state index in [4.69, 9.17) is 0 Å². The van der Waals surface area contributed by atoms with E-state index in [1.54, 1.807) is 10.9 Å². The normalized spacial score (nSPS) is 19.7. The second-order valence-electron chi connectivity index (χ2n) is 10.2. The standard InChI is InChI=1S/C29H33N5O3/c1-20-10-9-15-24(21(20)2)31-25(35)18-34-28(36)26-27(30-19-32(26)16-22-11-5-3-6-12-22)33(29(34)37)17-23-13-7-4-8-14-23/h3-8,11-14,19-21,24H,9-10,15-18H2,1-2H3,(H,31,35)/t20-,21+,24+/m1/s1. The van der Waals surface area contributed by atoms with Gasteiger partial charge >= 0.3 is 5.69 Å². The first kappa shape index (κ1) is 24.7. The van der Waals surface area contributed by atoms with Gasteiger partial charge in [-0.3, -0.25) is 14.2 Å². The predicted octanol–water partition coefficient (Wildman–Crippen LogP) is 3.40.